The summed E-state index contributed by atoms with van der Waals surface area (Å²) in [6, 6.07) is 1.67. The maximum Gasteiger partial charge on any atom is 0.233 e. The van der Waals surface area contributed by atoms with Crippen molar-refractivity contribution >= 4 is 5.78 Å². The third-order valence-corrected chi connectivity index (χ3v) is 1.74. The molecule has 2 rings (SSSR count). The second kappa shape index (κ2) is 3.37. The van der Waals surface area contributed by atoms with Gasteiger partial charge in [0.1, 0.15) is 0 Å². The zero-order chi connectivity index (χ0) is 9.97. The number of ketones is 1. The summed E-state index contributed by atoms with van der Waals surface area (Å²) in [7, 11) is 1.75. The van der Waals surface area contributed by atoms with E-state index >= 15 is 0 Å². The molecule has 0 aliphatic heterocycles. The van der Waals surface area contributed by atoms with Gasteiger partial charge in [0, 0.05) is 25.6 Å². The van der Waals surface area contributed by atoms with Crippen molar-refractivity contribution in [1.29, 1.82) is 0 Å². The van der Waals surface area contributed by atoms with Crippen molar-refractivity contribution in [3.63, 3.8) is 0 Å². The fourth-order valence-electron chi connectivity index (χ4n) is 1.08. The van der Waals surface area contributed by atoms with Gasteiger partial charge in [-0.1, -0.05) is 0 Å². The molecule has 0 amide bonds. The average Bonchev–Trinajstić information content (AvgIpc) is 2.65. The Balaban J connectivity index is 2.34. The molecule has 2 aromatic heterocycles. The van der Waals surface area contributed by atoms with E-state index in [1.165, 1.54) is 18.6 Å². The predicted molar refractivity (Wildman–Crippen MR) is 48.7 cm³/mol. The number of rotatable bonds is 2. The van der Waals surface area contributed by atoms with Crippen LogP contribution in [0.5, 0.6) is 0 Å². The van der Waals surface area contributed by atoms with Gasteiger partial charge in [0.05, 0.1) is 11.8 Å². The highest BCUT2D eigenvalue weighted by Gasteiger charge is 2.12. The highest BCUT2D eigenvalue weighted by atomic mass is 16.1. The Morgan fingerprint density at radius 1 is 1.36 bits per heavy atom. The predicted octanol–water partition coefficient (Wildman–Crippen LogP) is 0.441. The molecule has 0 radical (unpaired) electrons. The second-order valence-electron chi connectivity index (χ2n) is 2.80. The molecule has 0 N–H and O–H groups in total. The molecule has 5 nitrogen and oxygen atoms in total. The lowest BCUT2D eigenvalue weighted by molar-refractivity contribution is 0.102. The van der Waals surface area contributed by atoms with Crippen LogP contribution < -0.4 is 0 Å². The molecule has 5 heteroatoms. The van der Waals surface area contributed by atoms with Gasteiger partial charge in [-0.2, -0.15) is 5.10 Å². The van der Waals surface area contributed by atoms with Crippen LogP contribution >= 0.6 is 0 Å². The van der Waals surface area contributed by atoms with Gasteiger partial charge in [0.15, 0.2) is 0 Å². The van der Waals surface area contributed by atoms with Gasteiger partial charge in [-0.15, -0.1) is 0 Å². The molecule has 0 aliphatic rings. The van der Waals surface area contributed by atoms with E-state index in [9.17, 15) is 4.79 Å². The molecule has 0 fully saturated rings. The Labute approximate surface area is 80.4 Å². The van der Waals surface area contributed by atoms with E-state index in [-0.39, 0.29) is 11.6 Å². The van der Waals surface area contributed by atoms with E-state index in [2.05, 4.69) is 15.1 Å². The first-order chi connectivity index (χ1) is 6.77. The molecule has 0 aliphatic carbocycles. The van der Waals surface area contributed by atoms with Crippen LogP contribution in [-0.4, -0.2) is 25.5 Å². The average molecular weight is 188 g/mol. The van der Waals surface area contributed by atoms with Crippen molar-refractivity contribution in [3.8, 4) is 0 Å². The summed E-state index contributed by atoms with van der Waals surface area (Å²) >= 11 is 0. The van der Waals surface area contributed by atoms with Crippen LogP contribution in [0, 0.1) is 0 Å². The standard InChI is InChI=1S/C9H8N4O/c1-13-6-7(5-12-13)8(14)9-10-3-2-4-11-9/h2-6H,1H3. The van der Waals surface area contributed by atoms with Crippen molar-refractivity contribution in [3.05, 3.63) is 42.2 Å². The van der Waals surface area contributed by atoms with Gasteiger partial charge < -0.3 is 0 Å². The number of hydrogen-bond donors (Lipinski definition) is 0. The highest BCUT2D eigenvalue weighted by Crippen LogP contribution is 2.02. The smallest absolute Gasteiger partial charge is 0.233 e. The molecule has 2 aromatic rings. The van der Waals surface area contributed by atoms with Crippen LogP contribution in [0.25, 0.3) is 0 Å². The van der Waals surface area contributed by atoms with E-state index in [0.717, 1.165) is 0 Å². The summed E-state index contributed by atoms with van der Waals surface area (Å²) < 4.78 is 1.57. The largest absolute Gasteiger partial charge is 0.285 e. The third-order valence-electron chi connectivity index (χ3n) is 1.74. The molecule has 0 saturated heterocycles. The molecule has 0 atom stereocenters. The van der Waals surface area contributed by atoms with Crippen LogP contribution in [0.2, 0.25) is 0 Å². The first-order valence-corrected chi connectivity index (χ1v) is 4.08. The Hall–Kier alpha value is -2.04. The number of aryl methyl sites for hydroxylation is 1. The van der Waals surface area contributed by atoms with E-state index in [1.807, 2.05) is 0 Å². The lowest BCUT2D eigenvalue weighted by atomic mass is 10.2. The number of nitrogens with zero attached hydrogens (tertiary/aromatic N) is 4. The number of carbonyl (C=O) groups excluding carboxylic acids is 1. The van der Waals surface area contributed by atoms with E-state index in [4.69, 9.17) is 0 Å². The highest BCUT2D eigenvalue weighted by molar-refractivity contribution is 6.06. The minimum absolute atomic E-state index is 0.195. The van der Waals surface area contributed by atoms with Gasteiger partial charge in [-0.3, -0.25) is 9.48 Å². The van der Waals surface area contributed by atoms with Gasteiger partial charge >= 0.3 is 0 Å². The SMILES string of the molecule is Cn1cc(C(=O)c2ncccn2)cn1. The summed E-state index contributed by atoms with van der Waals surface area (Å²) in [6.45, 7) is 0. The molecule has 0 bridgehead atoms. The van der Waals surface area contributed by atoms with E-state index in [0.29, 0.717) is 5.56 Å². The van der Waals surface area contributed by atoms with Crippen LogP contribution in [0.3, 0.4) is 0 Å². The van der Waals surface area contributed by atoms with Crippen LogP contribution in [0.4, 0.5) is 0 Å². The minimum Gasteiger partial charge on any atom is -0.285 e. The van der Waals surface area contributed by atoms with Gasteiger partial charge in [-0.05, 0) is 6.07 Å². The molecule has 0 saturated carbocycles. The Morgan fingerprint density at radius 2 is 2.07 bits per heavy atom. The van der Waals surface area contributed by atoms with E-state index in [1.54, 1.807) is 24.0 Å². The minimum atomic E-state index is -0.210. The molecule has 2 heterocycles. The summed E-state index contributed by atoms with van der Waals surface area (Å²) in [4.78, 5) is 19.4. The quantitative estimate of drug-likeness (QED) is 0.641. The molecular weight excluding hydrogens is 180 g/mol. The Morgan fingerprint density at radius 3 is 2.64 bits per heavy atom. The maximum absolute atomic E-state index is 11.7. The van der Waals surface area contributed by atoms with Crippen molar-refractivity contribution in [2.24, 2.45) is 7.05 Å². The summed E-state index contributed by atoms with van der Waals surface area (Å²) in [5.74, 6) is -0.0146. The molecular formula is C9H8N4O. The zero-order valence-corrected chi connectivity index (χ0v) is 7.58. The normalized spacial score (nSPS) is 10.1. The number of aromatic nitrogens is 4. The molecule has 0 unspecified atom stereocenters. The lowest BCUT2D eigenvalue weighted by Gasteiger charge is -1.93. The number of carbonyl (C=O) groups is 1. The van der Waals surface area contributed by atoms with Gasteiger partial charge in [0.2, 0.25) is 11.6 Å². The van der Waals surface area contributed by atoms with Crippen molar-refractivity contribution in [2.45, 2.75) is 0 Å². The lowest BCUT2D eigenvalue weighted by Crippen LogP contribution is -2.05. The van der Waals surface area contributed by atoms with Crippen molar-refractivity contribution in [2.75, 3.05) is 0 Å². The zero-order valence-electron chi connectivity index (χ0n) is 7.58. The van der Waals surface area contributed by atoms with Crippen LogP contribution in [0.1, 0.15) is 16.2 Å². The summed E-state index contributed by atoms with van der Waals surface area (Å²) in [5, 5.41) is 3.90. The third kappa shape index (κ3) is 1.52. The summed E-state index contributed by atoms with van der Waals surface area (Å²) in [6.07, 6.45) is 6.21. The van der Waals surface area contributed by atoms with Crippen molar-refractivity contribution < 1.29 is 4.79 Å². The molecule has 0 spiro atoms. The first kappa shape index (κ1) is 8.55. The fourth-order valence-corrected chi connectivity index (χ4v) is 1.08. The Kier molecular flexibility index (Phi) is 2.06. The molecule has 0 aromatic carbocycles. The van der Waals surface area contributed by atoms with Crippen LogP contribution in [-0.2, 0) is 7.05 Å². The second-order valence-corrected chi connectivity index (χ2v) is 2.80. The topological polar surface area (TPSA) is 60.7 Å². The fraction of sp³-hybridized carbons (Fsp3) is 0.111. The monoisotopic (exact) mass is 188 g/mol. The van der Waals surface area contributed by atoms with Gasteiger partial charge in [0.25, 0.3) is 0 Å². The number of hydrogen-bond acceptors (Lipinski definition) is 4. The van der Waals surface area contributed by atoms with Gasteiger partial charge in [-0.25, -0.2) is 9.97 Å². The molecule has 70 valence electrons. The summed E-state index contributed by atoms with van der Waals surface area (Å²) in [5.41, 5.74) is 0.499. The maximum atomic E-state index is 11.7. The Bertz CT molecular complexity index is 449. The first-order valence-electron chi connectivity index (χ1n) is 4.08. The van der Waals surface area contributed by atoms with Crippen molar-refractivity contribution in [1.82, 2.24) is 19.7 Å². The molecule has 14 heavy (non-hydrogen) atoms. The van der Waals surface area contributed by atoms with Crippen LogP contribution in [0.15, 0.2) is 30.9 Å². The van der Waals surface area contributed by atoms with E-state index < -0.39 is 0 Å².